The van der Waals surface area contributed by atoms with Gasteiger partial charge in [0.15, 0.2) is 0 Å². The molecule has 1 N–H and O–H groups in total. The molecule has 24 heavy (non-hydrogen) atoms. The molecule has 7 heteroatoms. The van der Waals surface area contributed by atoms with Crippen LogP contribution in [0.1, 0.15) is 16.7 Å². The monoisotopic (exact) mass is 357 g/mol. The normalized spacial score (nSPS) is 11.7. The summed E-state index contributed by atoms with van der Waals surface area (Å²) in [7, 11) is 0. The molecule has 0 heterocycles. The highest BCUT2D eigenvalue weighted by atomic mass is 35.5. The molecule has 0 aromatic heterocycles. The van der Waals surface area contributed by atoms with Crippen molar-refractivity contribution in [2.45, 2.75) is 12.7 Å². The number of nitrogens with one attached hydrogen (secondary N) is 1. The fourth-order valence-electron chi connectivity index (χ4n) is 1.90. The summed E-state index contributed by atoms with van der Waals surface area (Å²) >= 11 is 5.82. The number of carbonyl (C=O) groups is 1. The Morgan fingerprint density at radius 1 is 1.17 bits per heavy atom. The predicted molar refractivity (Wildman–Crippen MR) is 83.7 cm³/mol. The summed E-state index contributed by atoms with van der Waals surface area (Å²) < 4.78 is 51.4. The van der Waals surface area contributed by atoms with E-state index in [1.54, 1.807) is 6.07 Å². The van der Waals surface area contributed by atoms with Crippen LogP contribution in [0.5, 0.6) is 0 Å². The van der Waals surface area contributed by atoms with Crippen LogP contribution in [-0.2, 0) is 17.5 Å². The maximum absolute atomic E-state index is 13.4. The summed E-state index contributed by atoms with van der Waals surface area (Å²) in [6.07, 6.45) is -2.28. The molecule has 0 bridgehead atoms. The maximum Gasteiger partial charge on any atom is 0.416 e. The van der Waals surface area contributed by atoms with E-state index >= 15 is 0 Å². The Balaban J connectivity index is 2.05. The first-order valence-electron chi connectivity index (χ1n) is 6.83. The van der Waals surface area contributed by atoms with Gasteiger partial charge in [-0.25, -0.2) is 4.39 Å². The zero-order chi connectivity index (χ0) is 17.7. The molecular weight excluding hydrogens is 346 g/mol. The molecule has 2 aromatic rings. The number of carbonyl (C=O) groups excluding carboxylic acids is 1. The van der Waals surface area contributed by atoms with E-state index in [2.05, 4.69) is 5.32 Å². The molecule has 126 valence electrons. The van der Waals surface area contributed by atoms with Gasteiger partial charge in [0.2, 0.25) is 5.91 Å². The lowest BCUT2D eigenvalue weighted by Crippen LogP contribution is -2.20. The van der Waals surface area contributed by atoms with Gasteiger partial charge < -0.3 is 5.32 Å². The van der Waals surface area contributed by atoms with Crippen LogP contribution in [0, 0.1) is 5.82 Å². The van der Waals surface area contributed by atoms with E-state index < -0.39 is 23.5 Å². The van der Waals surface area contributed by atoms with Crippen LogP contribution in [-0.4, -0.2) is 5.91 Å². The average molecular weight is 358 g/mol. The first kappa shape index (κ1) is 18.0. The second-order valence-corrected chi connectivity index (χ2v) is 5.28. The number of rotatable bonds is 4. The van der Waals surface area contributed by atoms with Crippen LogP contribution >= 0.6 is 11.6 Å². The fourth-order valence-corrected chi connectivity index (χ4v) is 2.08. The first-order chi connectivity index (χ1) is 11.3. The molecule has 0 unspecified atom stereocenters. The highest BCUT2D eigenvalue weighted by Gasteiger charge is 2.30. The van der Waals surface area contributed by atoms with Crippen LogP contribution in [0.15, 0.2) is 48.5 Å². The molecule has 0 aliphatic rings. The lowest BCUT2D eigenvalue weighted by atomic mass is 10.1. The van der Waals surface area contributed by atoms with Crippen LogP contribution < -0.4 is 5.32 Å². The molecule has 0 radical (unpaired) electrons. The van der Waals surface area contributed by atoms with Gasteiger partial charge in [-0.3, -0.25) is 4.79 Å². The molecule has 0 aliphatic heterocycles. The quantitative estimate of drug-likeness (QED) is 0.616. The molecule has 2 nitrogen and oxygen atoms in total. The molecular formula is C17H12ClF4NO. The number of halogens is 5. The number of benzene rings is 2. The molecule has 0 aliphatic carbocycles. The number of amides is 1. The Bertz CT molecular complexity index is 771. The number of hydrogen-bond acceptors (Lipinski definition) is 1. The summed E-state index contributed by atoms with van der Waals surface area (Å²) in [6.45, 7) is -0.0355. The van der Waals surface area contributed by atoms with Crippen LogP contribution in [0.2, 0.25) is 5.02 Å². The van der Waals surface area contributed by atoms with Crippen LogP contribution in [0.25, 0.3) is 6.08 Å². The SMILES string of the molecule is O=C(/C=C/c1cc(C(F)(F)F)ccc1Cl)NCc1ccccc1F. The molecule has 1 amide bonds. The Morgan fingerprint density at radius 2 is 1.88 bits per heavy atom. The third kappa shape index (κ3) is 4.83. The van der Waals surface area contributed by atoms with Crippen molar-refractivity contribution in [1.29, 1.82) is 0 Å². The molecule has 0 saturated heterocycles. The fraction of sp³-hybridized carbons (Fsp3) is 0.118. The van der Waals surface area contributed by atoms with E-state index in [0.29, 0.717) is 5.56 Å². The molecule has 0 fully saturated rings. The van der Waals surface area contributed by atoms with Crippen molar-refractivity contribution in [3.8, 4) is 0 Å². The highest BCUT2D eigenvalue weighted by molar-refractivity contribution is 6.32. The summed E-state index contributed by atoms with van der Waals surface area (Å²) in [5.41, 5.74) is -0.498. The van der Waals surface area contributed by atoms with Crippen molar-refractivity contribution in [3.05, 3.63) is 76.1 Å². The van der Waals surface area contributed by atoms with Crippen molar-refractivity contribution in [1.82, 2.24) is 5.32 Å². The van der Waals surface area contributed by atoms with Crippen molar-refractivity contribution in [2.24, 2.45) is 0 Å². The Hall–Kier alpha value is -2.34. The average Bonchev–Trinajstić information content (AvgIpc) is 2.52. The molecule has 0 saturated carbocycles. The minimum absolute atomic E-state index is 0.0355. The van der Waals surface area contributed by atoms with Crippen molar-refractivity contribution < 1.29 is 22.4 Å². The standard InChI is InChI=1S/C17H12ClF4NO/c18-14-7-6-13(17(20,21)22)9-11(14)5-8-16(24)23-10-12-3-1-2-4-15(12)19/h1-9H,10H2,(H,23,24)/b8-5+. The van der Waals surface area contributed by atoms with Gasteiger partial charge in [0.1, 0.15) is 5.82 Å². The van der Waals surface area contributed by atoms with Crippen LogP contribution in [0.4, 0.5) is 17.6 Å². The summed E-state index contributed by atoms with van der Waals surface area (Å²) in [5.74, 6) is -1.03. The molecule has 2 rings (SSSR count). The van der Waals surface area contributed by atoms with E-state index in [-0.39, 0.29) is 17.1 Å². The zero-order valence-electron chi connectivity index (χ0n) is 12.2. The minimum Gasteiger partial charge on any atom is -0.348 e. The van der Waals surface area contributed by atoms with Gasteiger partial charge in [0.05, 0.1) is 5.56 Å². The summed E-state index contributed by atoms with van der Waals surface area (Å²) in [6, 6.07) is 8.75. The zero-order valence-corrected chi connectivity index (χ0v) is 13.0. The van der Waals surface area contributed by atoms with Crippen molar-refractivity contribution in [2.75, 3.05) is 0 Å². The predicted octanol–water partition coefficient (Wildman–Crippen LogP) is 4.83. The summed E-state index contributed by atoms with van der Waals surface area (Å²) in [4.78, 5) is 11.7. The van der Waals surface area contributed by atoms with E-state index in [4.69, 9.17) is 11.6 Å². The minimum atomic E-state index is -4.50. The Morgan fingerprint density at radius 3 is 2.54 bits per heavy atom. The van der Waals surface area contributed by atoms with Gasteiger partial charge in [-0.15, -0.1) is 0 Å². The van der Waals surface area contributed by atoms with Crippen LogP contribution in [0.3, 0.4) is 0 Å². The van der Waals surface area contributed by atoms with Gasteiger partial charge in [-0.1, -0.05) is 29.8 Å². The van der Waals surface area contributed by atoms with Gasteiger partial charge in [-0.2, -0.15) is 13.2 Å². The lowest BCUT2D eigenvalue weighted by molar-refractivity contribution is -0.137. The van der Waals surface area contributed by atoms with Crippen molar-refractivity contribution >= 4 is 23.6 Å². The third-order valence-corrected chi connectivity index (χ3v) is 3.49. The second kappa shape index (κ2) is 7.49. The smallest absolute Gasteiger partial charge is 0.348 e. The Kier molecular flexibility index (Phi) is 5.62. The number of hydrogen-bond donors (Lipinski definition) is 1. The first-order valence-corrected chi connectivity index (χ1v) is 7.21. The van der Waals surface area contributed by atoms with E-state index in [9.17, 15) is 22.4 Å². The van der Waals surface area contributed by atoms with E-state index in [0.717, 1.165) is 24.3 Å². The summed E-state index contributed by atoms with van der Waals surface area (Å²) in [5, 5.41) is 2.53. The second-order valence-electron chi connectivity index (χ2n) is 4.88. The van der Waals surface area contributed by atoms with Gasteiger partial charge in [-0.05, 0) is 35.9 Å². The van der Waals surface area contributed by atoms with Gasteiger partial charge in [0, 0.05) is 23.2 Å². The van der Waals surface area contributed by atoms with Gasteiger partial charge >= 0.3 is 6.18 Å². The van der Waals surface area contributed by atoms with E-state index in [1.807, 2.05) is 0 Å². The van der Waals surface area contributed by atoms with Crippen molar-refractivity contribution in [3.63, 3.8) is 0 Å². The topological polar surface area (TPSA) is 29.1 Å². The molecule has 0 spiro atoms. The lowest BCUT2D eigenvalue weighted by Gasteiger charge is -2.08. The Labute approximate surface area is 140 Å². The van der Waals surface area contributed by atoms with Gasteiger partial charge in [0.25, 0.3) is 0 Å². The number of alkyl halides is 3. The largest absolute Gasteiger partial charge is 0.416 e. The maximum atomic E-state index is 13.4. The van der Waals surface area contributed by atoms with E-state index in [1.165, 1.54) is 24.3 Å². The highest BCUT2D eigenvalue weighted by Crippen LogP contribution is 2.32. The third-order valence-electron chi connectivity index (χ3n) is 3.15. The molecule has 2 aromatic carbocycles. The molecule has 0 atom stereocenters.